The van der Waals surface area contributed by atoms with E-state index in [-0.39, 0.29) is 6.61 Å². The molecule has 6 heteroatoms. The molecule has 0 saturated carbocycles. The molecule has 1 fully saturated rings. The van der Waals surface area contributed by atoms with E-state index in [1.165, 1.54) is 0 Å². The summed E-state index contributed by atoms with van der Waals surface area (Å²) in [4.78, 5) is 4.83. The summed E-state index contributed by atoms with van der Waals surface area (Å²) in [6.07, 6.45) is 4.07. The highest BCUT2D eigenvalue weighted by molar-refractivity contribution is 5.86. The fourth-order valence-electron chi connectivity index (χ4n) is 4.05. The van der Waals surface area contributed by atoms with Crippen LogP contribution >= 0.6 is 0 Å². The second-order valence-corrected chi connectivity index (χ2v) is 8.69. The van der Waals surface area contributed by atoms with E-state index in [1.807, 2.05) is 37.3 Å². The largest absolute Gasteiger partial charge is 0.493 e. The van der Waals surface area contributed by atoms with Gasteiger partial charge in [0.05, 0.1) is 36.1 Å². The third kappa shape index (κ3) is 5.98. The molecule has 6 nitrogen and oxygen atoms in total. The van der Waals surface area contributed by atoms with Gasteiger partial charge in [0, 0.05) is 30.2 Å². The number of hydrogen-bond donors (Lipinski definition) is 0. The quantitative estimate of drug-likeness (QED) is 0.347. The standard InChI is InChI=1S/C28H32N2O4/c1-3-4-11-32-28-20(2)27(30-26-8-6-5-7-25(26)28)19-34-24-15-22(17-29)14-23(16-24)33-18-21-9-12-31-13-10-21/h5-8,14-16,21H,3-4,9-13,18-19H2,1-2H3. The Bertz CT molecular complexity index is 1150. The highest BCUT2D eigenvalue weighted by atomic mass is 16.5. The number of hydrogen-bond acceptors (Lipinski definition) is 6. The van der Waals surface area contributed by atoms with Gasteiger partial charge in [-0.1, -0.05) is 25.5 Å². The fraction of sp³-hybridized carbons (Fsp3) is 0.429. The molecule has 2 heterocycles. The number of pyridine rings is 1. The van der Waals surface area contributed by atoms with Crippen molar-refractivity contribution in [3.8, 4) is 23.3 Å². The molecule has 34 heavy (non-hydrogen) atoms. The van der Waals surface area contributed by atoms with Crippen LogP contribution in [0, 0.1) is 24.2 Å². The summed E-state index contributed by atoms with van der Waals surface area (Å²) in [5.74, 6) is 2.57. The lowest BCUT2D eigenvalue weighted by Gasteiger charge is -2.22. The summed E-state index contributed by atoms with van der Waals surface area (Å²) in [5.41, 5.74) is 3.18. The number of rotatable bonds is 10. The first-order chi connectivity index (χ1) is 16.7. The maximum Gasteiger partial charge on any atom is 0.133 e. The van der Waals surface area contributed by atoms with E-state index < -0.39 is 0 Å². The molecule has 0 spiro atoms. The minimum atomic E-state index is 0.273. The van der Waals surface area contributed by atoms with Crippen LogP contribution in [0.2, 0.25) is 0 Å². The second-order valence-electron chi connectivity index (χ2n) is 8.69. The number of unbranched alkanes of at least 4 members (excludes halogenated alkanes) is 1. The molecule has 0 radical (unpaired) electrons. The van der Waals surface area contributed by atoms with Crippen LogP contribution in [0.4, 0.5) is 0 Å². The highest BCUT2D eigenvalue weighted by Gasteiger charge is 2.16. The number of nitriles is 1. The normalized spacial score (nSPS) is 14.0. The lowest BCUT2D eigenvalue weighted by molar-refractivity contribution is 0.0497. The second kappa shape index (κ2) is 11.7. The summed E-state index contributed by atoms with van der Waals surface area (Å²) < 4.78 is 23.7. The van der Waals surface area contributed by atoms with Crippen molar-refractivity contribution in [1.82, 2.24) is 4.98 Å². The molecule has 0 N–H and O–H groups in total. The molecule has 0 bridgehead atoms. The molecule has 4 rings (SSSR count). The van der Waals surface area contributed by atoms with Crippen LogP contribution in [0.15, 0.2) is 42.5 Å². The topological polar surface area (TPSA) is 73.6 Å². The first kappa shape index (κ1) is 23.8. The molecule has 3 aromatic rings. The summed E-state index contributed by atoms with van der Waals surface area (Å²) in [7, 11) is 0. The molecule has 1 aliphatic heterocycles. The predicted octanol–water partition coefficient (Wildman–Crippen LogP) is 5.98. The fourth-order valence-corrected chi connectivity index (χ4v) is 4.05. The third-order valence-electron chi connectivity index (χ3n) is 6.13. The Kier molecular flexibility index (Phi) is 8.21. The van der Waals surface area contributed by atoms with Crippen molar-refractivity contribution in [2.45, 2.75) is 46.1 Å². The zero-order valence-corrected chi connectivity index (χ0v) is 20.0. The van der Waals surface area contributed by atoms with Crippen molar-refractivity contribution in [3.63, 3.8) is 0 Å². The van der Waals surface area contributed by atoms with Gasteiger partial charge >= 0.3 is 0 Å². The molecule has 0 amide bonds. The molecule has 0 atom stereocenters. The van der Waals surface area contributed by atoms with Gasteiger partial charge in [0.1, 0.15) is 23.9 Å². The van der Waals surface area contributed by atoms with Gasteiger partial charge in [-0.25, -0.2) is 4.98 Å². The number of ether oxygens (including phenoxy) is 4. The molecular weight excluding hydrogens is 428 g/mol. The first-order valence-electron chi connectivity index (χ1n) is 12.1. The lowest BCUT2D eigenvalue weighted by Crippen LogP contribution is -2.21. The molecule has 0 aliphatic carbocycles. The van der Waals surface area contributed by atoms with Gasteiger partial charge in [-0.05, 0) is 56.4 Å². The molecule has 0 unspecified atom stereocenters. The molecular formula is C28H32N2O4. The highest BCUT2D eigenvalue weighted by Crippen LogP contribution is 2.32. The zero-order valence-electron chi connectivity index (χ0n) is 20.0. The Hall–Kier alpha value is -3.30. The predicted molar refractivity (Wildman–Crippen MR) is 131 cm³/mol. The molecule has 1 aromatic heterocycles. The van der Waals surface area contributed by atoms with Crippen LogP contribution < -0.4 is 14.2 Å². The van der Waals surface area contributed by atoms with E-state index in [4.69, 9.17) is 23.9 Å². The molecule has 1 aliphatic rings. The minimum absolute atomic E-state index is 0.273. The van der Waals surface area contributed by atoms with Gasteiger partial charge in [-0.2, -0.15) is 5.26 Å². The Morgan fingerprint density at radius 1 is 1.06 bits per heavy atom. The van der Waals surface area contributed by atoms with Gasteiger partial charge in [-0.3, -0.25) is 0 Å². The summed E-state index contributed by atoms with van der Waals surface area (Å²) in [5, 5.41) is 10.5. The smallest absolute Gasteiger partial charge is 0.133 e. The number of para-hydroxylation sites is 1. The number of benzene rings is 2. The molecule has 2 aromatic carbocycles. The van der Waals surface area contributed by atoms with Crippen LogP contribution in [-0.4, -0.2) is 31.4 Å². The Labute approximate surface area is 201 Å². The van der Waals surface area contributed by atoms with Crippen LogP contribution in [0.3, 0.4) is 0 Å². The van der Waals surface area contributed by atoms with Crippen LogP contribution in [0.5, 0.6) is 17.2 Å². The van der Waals surface area contributed by atoms with Gasteiger partial charge in [0.15, 0.2) is 0 Å². The molecule has 1 saturated heterocycles. The maximum absolute atomic E-state index is 9.48. The van der Waals surface area contributed by atoms with Crippen molar-refractivity contribution in [3.05, 3.63) is 59.3 Å². The Balaban J connectivity index is 1.51. The van der Waals surface area contributed by atoms with Gasteiger partial charge in [-0.15, -0.1) is 0 Å². The first-order valence-corrected chi connectivity index (χ1v) is 12.1. The van der Waals surface area contributed by atoms with Crippen molar-refractivity contribution in [2.75, 3.05) is 26.4 Å². The lowest BCUT2D eigenvalue weighted by atomic mass is 10.0. The molecule has 178 valence electrons. The Morgan fingerprint density at radius 3 is 2.59 bits per heavy atom. The van der Waals surface area contributed by atoms with Crippen molar-refractivity contribution < 1.29 is 18.9 Å². The van der Waals surface area contributed by atoms with Crippen LogP contribution in [0.25, 0.3) is 10.9 Å². The number of fused-ring (bicyclic) bond motifs is 1. The van der Waals surface area contributed by atoms with Gasteiger partial charge < -0.3 is 18.9 Å². The average molecular weight is 461 g/mol. The summed E-state index contributed by atoms with van der Waals surface area (Å²) >= 11 is 0. The summed E-state index contributed by atoms with van der Waals surface area (Å²) in [6.45, 7) is 7.29. The van der Waals surface area contributed by atoms with E-state index in [0.717, 1.165) is 66.8 Å². The van der Waals surface area contributed by atoms with Crippen LogP contribution in [-0.2, 0) is 11.3 Å². The SMILES string of the molecule is CCCCOc1c(C)c(COc2cc(C#N)cc(OCC3CCOCC3)c2)nc2ccccc12. The van der Waals surface area contributed by atoms with E-state index in [1.54, 1.807) is 12.1 Å². The number of aromatic nitrogens is 1. The minimum Gasteiger partial charge on any atom is -0.493 e. The van der Waals surface area contributed by atoms with E-state index in [2.05, 4.69) is 13.0 Å². The monoisotopic (exact) mass is 460 g/mol. The van der Waals surface area contributed by atoms with Crippen LogP contribution in [0.1, 0.15) is 49.4 Å². The van der Waals surface area contributed by atoms with Gasteiger partial charge in [0.25, 0.3) is 0 Å². The zero-order chi connectivity index (χ0) is 23.8. The van der Waals surface area contributed by atoms with E-state index >= 15 is 0 Å². The third-order valence-corrected chi connectivity index (χ3v) is 6.13. The van der Waals surface area contributed by atoms with E-state index in [9.17, 15) is 5.26 Å². The van der Waals surface area contributed by atoms with Crippen molar-refractivity contribution in [2.24, 2.45) is 5.92 Å². The van der Waals surface area contributed by atoms with Crippen molar-refractivity contribution >= 4 is 10.9 Å². The van der Waals surface area contributed by atoms with Gasteiger partial charge in [0.2, 0.25) is 0 Å². The number of nitrogens with zero attached hydrogens (tertiary/aromatic N) is 2. The maximum atomic E-state index is 9.48. The average Bonchev–Trinajstić information content (AvgIpc) is 2.88. The summed E-state index contributed by atoms with van der Waals surface area (Å²) in [6, 6.07) is 15.5. The van der Waals surface area contributed by atoms with Crippen molar-refractivity contribution in [1.29, 1.82) is 5.26 Å². The Morgan fingerprint density at radius 2 is 1.82 bits per heavy atom. The van der Waals surface area contributed by atoms with E-state index in [0.29, 0.717) is 36.2 Å².